The average Bonchev–Trinajstić information content (AvgIpc) is 3.43. The molecule has 1 saturated heterocycles. The maximum atomic E-state index is 13.4. The molecule has 0 spiro atoms. The van der Waals surface area contributed by atoms with Crippen LogP contribution in [0.4, 0.5) is 16.2 Å². The van der Waals surface area contributed by atoms with E-state index in [-0.39, 0.29) is 6.03 Å². The number of nitrogens with zero attached hydrogens (tertiary/aromatic N) is 3. The minimum atomic E-state index is -0.258. The summed E-state index contributed by atoms with van der Waals surface area (Å²) in [5.41, 5.74) is 8.29. The van der Waals surface area contributed by atoms with Gasteiger partial charge in [0.25, 0.3) is 0 Å². The van der Waals surface area contributed by atoms with Gasteiger partial charge < -0.3 is 5.32 Å². The van der Waals surface area contributed by atoms with Crippen molar-refractivity contribution in [3.05, 3.63) is 116 Å². The molecule has 2 aliphatic heterocycles. The number of benzene rings is 4. The number of fused-ring (bicyclic) bond motifs is 2. The summed E-state index contributed by atoms with van der Waals surface area (Å²) in [6, 6.07) is 26.7. The van der Waals surface area contributed by atoms with E-state index in [1.165, 1.54) is 11.1 Å². The van der Waals surface area contributed by atoms with Crippen LogP contribution in [0.3, 0.4) is 0 Å². The fourth-order valence-electron chi connectivity index (χ4n) is 6.73. The lowest BCUT2D eigenvalue weighted by molar-refractivity contribution is 0.0949. The number of para-hydroxylation sites is 1. The molecule has 4 aromatic rings. The van der Waals surface area contributed by atoms with Crippen molar-refractivity contribution >= 4 is 52.2 Å². The zero-order valence-corrected chi connectivity index (χ0v) is 25.4. The van der Waals surface area contributed by atoms with Crippen LogP contribution in [-0.4, -0.2) is 48.1 Å². The highest BCUT2D eigenvalue weighted by Crippen LogP contribution is 2.45. The number of anilines is 2. The predicted octanol–water partition coefficient (Wildman–Crippen LogP) is 7.96. The molecule has 8 heteroatoms. The highest BCUT2D eigenvalue weighted by Gasteiger charge is 2.32. The Labute approximate surface area is 261 Å². The van der Waals surface area contributed by atoms with Gasteiger partial charge in [-0.15, -0.1) is 0 Å². The molecule has 1 fully saturated rings. The summed E-state index contributed by atoms with van der Waals surface area (Å²) in [7, 11) is 0. The second-order valence-corrected chi connectivity index (χ2v) is 12.5. The molecule has 7 rings (SSSR count). The Balaban J connectivity index is 1.20. The van der Waals surface area contributed by atoms with E-state index >= 15 is 0 Å². The van der Waals surface area contributed by atoms with Crippen molar-refractivity contribution in [2.24, 2.45) is 0 Å². The minimum absolute atomic E-state index is 0.258. The molecule has 0 saturated carbocycles. The highest BCUT2D eigenvalue weighted by molar-refractivity contribution is 6.40. The number of carbonyl (C=O) groups excluding carboxylic acids is 1. The van der Waals surface area contributed by atoms with Crippen LogP contribution in [0, 0.1) is 0 Å². The van der Waals surface area contributed by atoms with Gasteiger partial charge in [-0.05, 0) is 65.4 Å². The summed E-state index contributed by atoms with van der Waals surface area (Å²) < 4.78 is 0. The fourth-order valence-corrected chi connectivity index (χ4v) is 7.53. The average molecular weight is 618 g/mol. The summed E-state index contributed by atoms with van der Waals surface area (Å²) >= 11 is 20.0. The number of piperazine rings is 1. The maximum Gasteiger partial charge on any atom is 0.326 e. The van der Waals surface area contributed by atoms with Crippen LogP contribution < -0.4 is 10.2 Å². The van der Waals surface area contributed by atoms with Crippen molar-refractivity contribution in [2.45, 2.75) is 32.0 Å². The van der Waals surface area contributed by atoms with Gasteiger partial charge in [0.1, 0.15) is 0 Å². The quantitative estimate of drug-likeness (QED) is 0.247. The molecule has 2 amide bonds. The Bertz CT molecular complexity index is 1620. The van der Waals surface area contributed by atoms with Crippen molar-refractivity contribution < 1.29 is 4.79 Å². The third-order valence-electron chi connectivity index (χ3n) is 8.83. The zero-order chi connectivity index (χ0) is 28.8. The van der Waals surface area contributed by atoms with Crippen LogP contribution in [0.1, 0.15) is 22.3 Å². The van der Waals surface area contributed by atoms with E-state index in [4.69, 9.17) is 34.8 Å². The first kappa shape index (κ1) is 27.8. The van der Waals surface area contributed by atoms with Crippen LogP contribution in [0.2, 0.25) is 15.1 Å². The van der Waals surface area contributed by atoms with E-state index in [1.807, 2.05) is 24.3 Å². The van der Waals surface area contributed by atoms with Gasteiger partial charge in [0.15, 0.2) is 0 Å². The Kier molecular flexibility index (Phi) is 7.63. The summed E-state index contributed by atoms with van der Waals surface area (Å²) in [5.74, 6) is 0. The lowest BCUT2D eigenvalue weighted by Crippen LogP contribution is -2.50. The number of halogens is 3. The van der Waals surface area contributed by atoms with Crippen LogP contribution in [0.25, 0.3) is 11.1 Å². The Hall–Kier alpha value is -3.06. The van der Waals surface area contributed by atoms with Gasteiger partial charge in [-0.2, -0.15) is 0 Å². The SMILES string of the molecule is O=C1NCc2c(-c3ccccc3Cl)cc(CN3CCN(C4Cc5ccccc5C4)CC3)cc2N1c1c(Cl)cccc1Cl. The lowest BCUT2D eigenvalue weighted by Gasteiger charge is -2.38. The molecule has 214 valence electrons. The monoisotopic (exact) mass is 616 g/mol. The van der Waals surface area contributed by atoms with Gasteiger partial charge in [-0.3, -0.25) is 14.7 Å². The zero-order valence-electron chi connectivity index (χ0n) is 23.1. The number of amides is 2. The number of carbonyl (C=O) groups is 1. The number of urea groups is 1. The molecular formula is C34H31Cl3N4O. The largest absolute Gasteiger partial charge is 0.333 e. The number of rotatable bonds is 5. The number of nitrogens with one attached hydrogen (secondary N) is 1. The minimum Gasteiger partial charge on any atom is -0.333 e. The van der Waals surface area contributed by atoms with Crippen molar-refractivity contribution in [3.8, 4) is 11.1 Å². The number of hydrogen-bond donors (Lipinski definition) is 1. The summed E-state index contributed by atoms with van der Waals surface area (Å²) in [4.78, 5) is 20.2. The summed E-state index contributed by atoms with van der Waals surface area (Å²) in [6.45, 7) is 5.23. The molecule has 42 heavy (non-hydrogen) atoms. The first-order valence-corrected chi connectivity index (χ1v) is 15.6. The van der Waals surface area contributed by atoms with Crippen LogP contribution in [0.15, 0.2) is 78.9 Å². The van der Waals surface area contributed by atoms with E-state index < -0.39 is 0 Å². The Morgan fingerprint density at radius 3 is 2.07 bits per heavy atom. The standard InChI is InChI=1S/C34H31Cl3N4O/c35-29-9-4-3-8-26(29)27-16-22(17-32-28(27)20-38-34(42)41(32)33-30(36)10-5-11-31(33)37)21-39-12-14-40(15-13-39)25-18-23-6-1-2-7-24(23)19-25/h1-11,16-17,25H,12-15,18-21H2,(H,38,42). The van der Waals surface area contributed by atoms with E-state index in [9.17, 15) is 4.79 Å². The molecule has 5 nitrogen and oxygen atoms in total. The van der Waals surface area contributed by atoms with Crippen LogP contribution >= 0.6 is 34.8 Å². The van der Waals surface area contributed by atoms with Crippen molar-refractivity contribution in [2.75, 3.05) is 31.1 Å². The summed E-state index contributed by atoms with van der Waals surface area (Å²) in [6.07, 6.45) is 2.29. The van der Waals surface area contributed by atoms with Gasteiger partial charge in [0.05, 0.1) is 21.4 Å². The van der Waals surface area contributed by atoms with E-state index in [0.29, 0.717) is 33.3 Å². The fraction of sp³-hybridized carbons (Fsp3) is 0.265. The third kappa shape index (κ3) is 5.18. The normalized spacial score (nSPS) is 17.7. The topological polar surface area (TPSA) is 38.8 Å². The van der Waals surface area contributed by atoms with Gasteiger partial charge >= 0.3 is 6.03 Å². The molecular weight excluding hydrogens is 587 g/mol. The van der Waals surface area contributed by atoms with Gasteiger partial charge in [0.2, 0.25) is 0 Å². The van der Waals surface area contributed by atoms with Gasteiger partial charge in [-0.1, -0.05) is 83.3 Å². The molecule has 0 unspecified atom stereocenters. The van der Waals surface area contributed by atoms with Crippen molar-refractivity contribution in [1.29, 1.82) is 0 Å². The third-order valence-corrected chi connectivity index (χ3v) is 9.77. The molecule has 3 aliphatic rings. The van der Waals surface area contributed by atoms with Gasteiger partial charge in [0, 0.05) is 61.5 Å². The summed E-state index contributed by atoms with van der Waals surface area (Å²) in [5, 5.41) is 4.52. The highest BCUT2D eigenvalue weighted by atomic mass is 35.5. The Morgan fingerprint density at radius 1 is 0.738 bits per heavy atom. The first-order valence-electron chi connectivity index (χ1n) is 14.4. The van der Waals surface area contributed by atoms with E-state index in [0.717, 1.165) is 73.5 Å². The van der Waals surface area contributed by atoms with Crippen LogP contribution in [-0.2, 0) is 25.9 Å². The molecule has 2 heterocycles. The molecule has 0 radical (unpaired) electrons. The van der Waals surface area contributed by atoms with E-state index in [2.05, 4.69) is 51.5 Å². The molecule has 1 N–H and O–H groups in total. The van der Waals surface area contributed by atoms with Gasteiger partial charge in [-0.25, -0.2) is 4.79 Å². The molecule has 0 atom stereocenters. The second kappa shape index (κ2) is 11.6. The molecule has 1 aliphatic carbocycles. The van der Waals surface area contributed by atoms with Crippen LogP contribution in [0.5, 0.6) is 0 Å². The predicted molar refractivity (Wildman–Crippen MR) is 172 cm³/mol. The lowest BCUT2D eigenvalue weighted by atomic mass is 9.93. The maximum absolute atomic E-state index is 13.4. The molecule has 4 aromatic carbocycles. The Morgan fingerprint density at radius 2 is 1.38 bits per heavy atom. The first-order chi connectivity index (χ1) is 20.5. The smallest absolute Gasteiger partial charge is 0.326 e. The van der Waals surface area contributed by atoms with E-state index in [1.54, 1.807) is 23.1 Å². The molecule has 0 aromatic heterocycles. The second-order valence-electron chi connectivity index (χ2n) is 11.3. The number of hydrogen-bond acceptors (Lipinski definition) is 3. The van der Waals surface area contributed by atoms with Crippen molar-refractivity contribution in [1.82, 2.24) is 15.1 Å². The van der Waals surface area contributed by atoms with Crippen molar-refractivity contribution in [3.63, 3.8) is 0 Å². The molecule has 0 bridgehead atoms.